The molecule has 1 aromatic rings. The first kappa shape index (κ1) is 13.0. The van der Waals surface area contributed by atoms with Gasteiger partial charge in [-0.3, -0.25) is 15.3 Å². The number of carbonyl (C=O) groups is 1. The van der Waals surface area contributed by atoms with Gasteiger partial charge in [0.2, 0.25) is 0 Å². The fourth-order valence-electron chi connectivity index (χ4n) is 2.46. The lowest BCUT2D eigenvalue weighted by Crippen LogP contribution is -2.52. The van der Waals surface area contributed by atoms with Crippen molar-refractivity contribution in [2.24, 2.45) is 0 Å². The summed E-state index contributed by atoms with van der Waals surface area (Å²) in [6.07, 6.45) is 10.2. The van der Waals surface area contributed by atoms with Crippen LogP contribution in [-0.4, -0.2) is 27.1 Å². The largest absolute Gasteiger partial charge is 0.480 e. The third kappa shape index (κ3) is 2.67. The zero-order valence-electron chi connectivity index (χ0n) is 10.6. The Morgan fingerprint density at radius 2 is 2.11 bits per heavy atom. The van der Waals surface area contributed by atoms with Gasteiger partial charge in [-0.05, 0) is 19.8 Å². The predicted molar refractivity (Wildman–Crippen MR) is 67.0 cm³/mol. The molecule has 5 heteroatoms. The van der Waals surface area contributed by atoms with Crippen LogP contribution >= 0.6 is 0 Å². The van der Waals surface area contributed by atoms with E-state index in [9.17, 15) is 9.90 Å². The molecule has 0 aliphatic heterocycles. The van der Waals surface area contributed by atoms with Crippen LogP contribution in [-0.2, 0) is 10.3 Å². The lowest BCUT2D eigenvalue weighted by Gasteiger charge is -2.32. The first-order valence-electron chi connectivity index (χ1n) is 6.40. The van der Waals surface area contributed by atoms with Crippen molar-refractivity contribution in [3.05, 3.63) is 24.3 Å². The summed E-state index contributed by atoms with van der Waals surface area (Å²) >= 11 is 0. The quantitative estimate of drug-likeness (QED) is 0.849. The fourth-order valence-corrected chi connectivity index (χ4v) is 2.46. The average Bonchev–Trinajstić information content (AvgIpc) is 2.40. The van der Waals surface area contributed by atoms with Crippen molar-refractivity contribution in [3.63, 3.8) is 0 Å². The van der Waals surface area contributed by atoms with E-state index in [1.54, 1.807) is 13.1 Å². The van der Waals surface area contributed by atoms with Crippen molar-refractivity contribution in [1.82, 2.24) is 15.3 Å². The van der Waals surface area contributed by atoms with E-state index in [1.165, 1.54) is 18.8 Å². The molecule has 1 heterocycles. The highest BCUT2D eigenvalue weighted by atomic mass is 16.4. The first-order valence-corrected chi connectivity index (χ1v) is 6.40. The standard InChI is InChI=1S/C13H19N3O2/c1-13(12(17)18,11-9-14-7-8-15-11)16-10-5-3-2-4-6-10/h7-10,16H,2-6H2,1H3,(H,17,18). The minimum Gasteiger partial charge on any atom is -0.480 e. The van der Waals surface area contributed by atoms with Gasteiger partial charge in [-0.1, -0.05) is 19.3 Å². The topological polar surface area (TPSA) is 75.1 Å². The lowest BCUT2D eigenvalue weighted by atomic mass is 9.90. The molecule has 1 aliphatic rings. The van der Waals surface area contributed by atoms with Crippen molar-refractivity contribution in [2.45, 2.75) is 50.6 Å². The summed E-state index contributed by atoms with van der Waals surface area (Å²) in [6.45, 7) is 1.66. The highest BCUT2D eigenvalue weighted by Crippen LogP contribution is 2.24. The lowest BCUT2D eigenvalue weighted by molar-refractivity contribution is -0.145. The van der Waals surface area contributed by atoms with E-state index in [-0.39, 0.29) is 6.04 Å². The zero-order valence-corrected chi connectivity index (χ0v) is 10.6. The third-order valence-corrected chi connectivity index (χ3v) is 3.60. The minimum absolute atomic E-state index is 0.252. The average molecular weight is 249 g/mol. The second kappa shape index (κ2) is 5.44. The van der Waals surface area contributed by atoms with Crippen molar-refractivity contribution < 1.29 is 9.90 Å². The number of nitrogens with one attached hydrogen (secondary N) is 1. The van der Waals surface area contributed by atoms with E-state index in [0.717, 1.165) is 25.7 Å². The minimum atomic E-state index is -1.16. The second-order valence-electron chi connectivity index (χ2n) is 5.00. The molecule has 1 unspecified atom stereocenters. The number of carboxylic acid groups (broad SMARTS) is 1. The van der Waals surface area contributed by atoms with E-state index in [1.807, 2.05) is 0 Å². The number of hydrogen-bond donors (Lipinski definition) is 2. The maximum absolute atomic E-state index is 11.6. The summed E-state index contributed by atoms with van der Waals surface area (Å²) in [7, 11) is 0. The monoisotopic (exact) mass is 249 g/mol. The maximum Gasteiger partial charge on any atom is 0.329 e. The van der Waals surface area contributed by atoms with Crippen LogP contribution in [0.1, 0.15) is 44.7 Å². The molecule has 0 spiro atoms. The number of hydrogen-bond acceptors (Lipinski definition) is 4. The highest BCUT2D eigenvalue weighted by molar-refractivity contribution is 5.79. The number of aliphatic carboxylic acids is 1. The van der Waals surface area contributed by atoms with Crippen LogP contribution in [0.5, 0.6) is 0 Å². The van der Waals surface area contributed by atoms with Crippen molar-refractivity contribution in [2.75, 3.05) is 0 Å². The molecule has 0 saturated heterocycles. The molecule has 0 aromatic carbocycles. The van der Waals surface area contributed by atoms with Crippen LogP contribution < -0.4 is 5.32 Å². The van der Waals surface area contributed by atoms with E-state index in [2.05, 4.69) is 15.3 Å². The molecule has 18 heavy (non-hydrogen) atoms. The zero-order chi connectivity index (χ0) is 13.0. The molecule has 5 nitrogen and oxygen atoms in total. The predicted octanol–water partition coefficient (Wildman–Crippen LogP) is 1.70. The van der Waals surface area contributed by atoms with Gasteiger partial charge in [0.25, 0.3) is 0 Å². The summed E-state index contributed by atoms with van der Waals surface area (Å²) in [5.74, 6) is -0.909. The fraction of sp³-hybridized carbons (Fsp3) is 0.615. The van der Waals surface area contributed by atoms with E-state index < -0.39 is 11.5 Å². The van der Waals surface area contributed by atoms with Crippen LogP contribution in [0.4, 0.5) is 0 Å². The Labute approximate surface area is 107 Å². The molecule has 2 N–H and O–H groups in total. The van der Waals surface area contributed by atoms with E-state index in [4.69, 9.17) is 0 Å². The van der Waals surface area contributed by atoms with Crippen molar-refractivity contribution >= 4 is 5.97 Å². The normalized spacial score (nSPS) is 20.3. The summed E-state index contributed by atoms with van der Waals surface area (Å²) in [4.78, 5) is 19.7. The van der Waals surface area contributed by atoms with Gasteiger partial charge < -0.3 is 5.11 Å². The molecule has 1 fully saturated rings. The molecule has 0 amide bonds. The van der Waals surface area contributed by atoms with Gasteiger partial charge in [0.05, 0.1) is 11.9 Å². The Morgan fingerprint density at radius 1 is 1.39 bits per heavy atom. The number of carboxylic acids is 1. The summed E-state index contributed by atoms with van der Waals surface area (Å²) in [5, 5.41) is 12.7. The molecule has 1 atom stereocenters. The molecule has 98 valence electrons. The third-order valence-electron chi connectivity index (χ3n) is 3.60. The summed E-state index contributed by atoms with van der Waals surface area (Å²) in [5.41, 5.74) is -0.695. The molecule has 0 radical (unpaired) electrons. The molecular weight excluding hydrogens is 230 g/mol. The van der Waals surface area contributed by atoms with Crippen LogP contribution in [0.3, 0.4) is 0 Å². The summed E-state index contributed by atoms with van der Waals surface area (Å²) in [6, 6.07) is 0.252. The number of aromatic nitrogens is 2. The van der Waals surface area contributed by atoms with Gasteiger partial charge in [0.15, 0.2) is 5.54 Å². The van der Waals surface area contributed by atoms with Gasteiger partial charge in [-0.25, -0.2) is 4.79 Å². The van der Waals surface area contributed by atoms with Crippen LogP contribution in [0.25, 0.3) is 0 Å². The smallest absolute Gasteiger partial charge is 0.329 e. The van der Waals surface area contributed by atoms with Crippen molar-refractivity contribution in [3.8, 4) is 0 Å². The number of rotatable bonds is 4. The molecule has 1 aromatic heterocycles. The molecule has 1 aliphatic carbocycles. The number of nitrogens with zero attached hydrogens (tertiary/aromatic N) is 2. The van der Waals surface area contributed by atoms with E-state index >= 15 is 0 Å². The van der Waals surface area contributed by atoms with Crippen molar-refractivity contribution in [1.29, 1.82) is 0 Å². The molecular formula is C13H19N3O2. The van der Waals surface area contributed by atoms with Gasteiger partial charge >= 0.3 is 5.97 Å². The van der Waals surface area contributed by atoms with Gasteiger partial charge in [-0.2, -0.15) is 0 Å². The van der Waals surface area contributed by atoms with Gasteiger partial charge in [-0.15, -0.1) is 0 Å². The SMILES string of the molecule is CC(NC1CCCCC1)(C(=O)O)c1cnccn1. The van der Waals surface area contributed by atoms with Crippen LogP contribution in [0.2, 0.25) is 0 Å². The second-order valence-corrected chi connectivity index (χ2v) is 5.00. The Bertz CT molecular complexity index is 404. The van der Waals surface area contributed by atoms with Crippen LogP contribution in [0, 0.1) is 0 Å². The van der Waals surface area contributed by atoms with E-state index in [0.29, 0.717) is 5.69 Å². The highest BCUT2D eigenvalue weighted by Gasteiger charge is 2.38. The Morgan fingerprint density at radius 3 is 2.67 bits per heavy atom. The van der Waals surface area contributed by atoms with Gasteiger partial charge in [0, 0.05) is 18.4 Å². The molecule has 1 saturated carbocycles. The summed E-state index contributed by atoms with van der Waals surface area (Å²) < 4.78 is 0. The Hall–Kier alpha value is -1.49. The Balaban J connectivity index is 2.19. The molecule has 2 rings (SSSR count). The first-order chi connectivity index (χ1) is 8.63. The van der Waals surface area contributed by atoms with Crippen LogP contribution in [0.15, 0.2) is 18.6 Å². The maximum atomic E-state index is 11.6. The van der Waals surface area contributed by atoms with Gasteiger partial charge in [0.1, 0.15) is 0 Å². The molecule has 0 bridgehead atoms. The Kier molecular flexibility index (Phi) is 3.91.